The maximum absolute atomic E-state index is 8.77. The summed E-state index contributed by atoms with van der Waals surface area (Å²) in [4.78, 5) is 0. The van der Waals surface area contributed by atoms with Crippen molar-refractivity contribution in [1.82, 2.24) is 14.9 Å². The fourth-order valence-corrected chi connectivity index (χ4v) is 2.86. The van der Waals surface area contributed by atoms with Gasteiger partial charge in [-0.15, -0.1) is 10.2 Å². The van der Waals surface area contributed by atoms with Crippen molar-refractivity contribution in [2.75, 3.05) is 5.84 Å². The molecule has 0 bridgehead atoms. The molecule has 1 aliphatic carbocycles. The topological polar surface area (TPSA) is 80.5 Å². The quantitative estimate of drug-likeness (QED) is 0.657. The van der Waals surface area contributed by atoms with E-state index in [1.54, 1.807) is 4.68 Å². The van der Waals surface area contributed by atoms with Crippen LogP contribution in [0.15, 0.2) is 5.16 Å². The Kier molecular flexibility index (Phi) is 3.89. The third-order valence-electron chi connectivity index (χ3n) is 3.13. The summed E-state index contributed by atoms with van der Waals surface area (Å²) in [6, 6.07) is 2.16. The smallest absolute Gasteiger partial charge is 0.211 e. The molecule has 2 rings (SSSR count). The normalized spacial score (nSPS) is 18.8. The molecule has 0 aromatic carbocycles. The van der Waals surface area contributed by atoms with Crippen molar-refractivity contribution >= 4 is 11.8 Å². The third-order valence-corrected chi connectivity index (χ3v) is 4.07. The van der Waals surface area contributed by atoms with E-state index < -0.39 is 0 Å². The van der Waals surface area contributed by atoms with E-state index in [2.05, 4.69) is 16.3 Å². The highest BCUT2D eigenvalue weighted by Gasteiger charge is 2.23. The van der Waals surface area contributed by atoms with Crippen LogP contribution in [0.2, 0.25) is 0 Å². The molecule has 0 spiro atoms. The lowest BCUT2D eigenvalue weighted by Gasteiger charge is -2.20. The second kappa shape index (κ2) is 5.41. The Labute approximate surface area is 105 Å². The van der Waals surface area contributed by atoms with Gasteiger partial charge in [0.1, 0.15) is 0 Å². The molecular formula is C11H17N5S. The number of thioether (sulfide) groups is 1. The van der Waals surface area contributed by atoms with Gasteiger partial charge >= 0.3 is 0 Å². The number of nitrogen functional groups attached to an aromatic ring is 1. The molecule has 0 saturated heterocycles. The summed E-state index contributed by atoms with van der Waals surface area (Å²) < 4.78 is 1.56. The number of hydrogen-bond donors (Lipinski definition) is 1. The molecule has 17 heavy (non-hydrogen) atoms. The number of nitrogens with zero attached hydrogens (tertiary/aromatic N) is 4. The van der Waals surface area contributed by atoms with Crippen LogP contribution in [0.5, 0.6) is 0 Å². The highest BCUT2D eigenvalue weighted by molar-refractivity contribution is 8.00. The summed E-state index contributed by atoms with van der Waals surface area (Å²) in [6.45, 7) is 1.83. The molecule has 1 aromatic heterocycles. The highest BCUT2D eigenvalue weighted by atomic mass is 32.2. The highest BCUT2D eigenvalue weighted by Crippen LogP contribution is 2.32. The van der Waals surface area contributed by atoms with E-state index in [1.807, 2.05) is 6.92 Å². The number of nitriles is 1. The van der Waals surface area contributed by atoms with Gasteiger partial charge < -0.3 is 5.84 Å². The third kappa shape index (κ3) is 2.72. The fraction of sp³-hybridized carbons (Fsp3) is 0.727. The van der Waals surface area contributed by atoms with Crippen LogP contribution in [0.3, 0.4) is 0 Å². The Hall–Kier alpha value is -1.22. The first kappa shape index (κ1) is 12.2. The van der Waals surface area contributed by atoms with Gasteiger partial charge in [-0.1, -0.05) is 31.0 Å². The van der Waals surface area contributed by atoms with Gasteiger partial charge in [0.15, 0.2) is 5.82 Å². The van der Waals surface area contributed by atoms with E-state index in [1.165, 1.54) is 31.0 Å². The Balaban J connectivity index is 2.11. The molecule has 1 aromatic rings. The summed E-state index contributed by atoms with van der Waals surface area (Å²) in [6.07, 6.45) is 6.09. The molecule has 6 heteroatoms. The van der Waals surface area contributed by atoms with E-state index in [-0.39, 0.29) is 5.25 Å². The van der Waals surface area contributed by atoms with Crippen LogP contribution < -0.4 is 5.84 Å². The maximum Gasteiger partial charge on any atom is 0.211 e. The molecule has 1 saturated carbocycles. The molecule has 1 atom stereocenters. The number of nitrogens with two attached hydrogens (primary N) is 1. The van der Waals surface area contributed by atoms with Crippen molar-refractivity contribution in [2.45, 2.75) is 55.4 Å². The van der Waals surface area contributed by atoms with Crippen LogP contribution in [0.4, 0.5) is 0 Å². The van der Waals surface area contributed by atoms with E-state index in [0.717, 1.165) is 18.7 Å². The van der Waals surface area contributed by atoms with Gasteiger partial charge in [0.05, 0.1) is 11.3 Å². The average Bonchev–Trinajstić information content (AvgIpc) is 2.72. The zero-order valence-electron chi connectivity index (χ0n) is 9.96. The van der Waals surface area contributed by atoms with E-state index >= 15 is 0 Å². The van der Waals surface area contributed by atoms with Gasteiger partial charge in [-0.25, -0.2) is 4.68 Å². The van der Waals surface area contributed by atoms with Crippen molar-refractivity contribution in [3.8, 4) is 6.07 Å². The molecule has 1 aliphatic rings. The predicted molar refractivity (Wildman–Crippen MR) is 66.9 cm³/mol. The molecule has 2 N–H and O–H groups in total. The molecule has 1 fully saturated rings. The van der Waals surface area contributed by atoms with Gasteiger partial charge in [0.25, 0.3) is 0 Å². The lowest BCUT2D eigenvalue weighted by Crippen LogP contribution is -2.19. The Bertz CT molecular complexity index is 416. The van der Waals surface area contributed by atoms with Gasteiger partial charge in [0.2, 0.25) is 5.16 Å². The fourth-order valence-electron chi connectivity index (χ4n) is 2.19. The monoisotopic (exact) mass is 251 g/mol. The summed E-state index contributed by atoms with van der Waals surface area (Å²) in [5.74, 6) is 7.31. The van der Waals surface area contributed by atoms with Gasteiger partial charge in [-0.3, -0.25) is 0 Å². The number of aromatic nitrogens is 3. The number of hydrogen-bond acceptors (Lipinski definition) is 5. The predicted octanol–water partition coefficient (Wildman–Crippen LogP) is 2.04. The first-order valence-corrected chi connectivity index (χ1v) is 6.87. The minimum absolute atomic E-state index is 0.152. The van der Waals surface area contributed by atoms with Crippen molar-refractivity contribution in [1.29, 1.82) is 5.26 Å². The number of rotatable bonds is 3. The van der Waals surface area contributed by atoms with E-state index in [4.69, 9.17) is 11.1 Å². The van der Waals surface area contributed by atoms with Crippen LogP contribution in [0.1, 0.15) is 50.8 Å². The van der Waals surface area contributed by atoms with Crippen LogP contribution in [0.25, 0.3) is 0 Å². The van der Waals surface area contributed by atoms with Gasteiger partial charge in [-0.2, -0.15) is 5.26 Å². The Morgan fingerprint density at radius 1 is 1.41 bits per heavy atom. The Morgan fingerprint density at radius 3 is 2.76 bits per heavy atom. The molecule has 0 unspecified atom stereocenters. The molecule has 1 heterocycles. The van der Waals surface area contributed by atoms with Crippen molar-refractivity contribution in [3.05, 3.63) is 5.82 Å². The average molecular weight is 251 g/mol. The summed E-state index contributed by atoms with van der Waals surface area (Å²) in [5.41, 5.74) is 0. The summed E-state index contributed by atoms with van der Waals surface area (Å²) in [5, 5.41) is 17.5. The summed E-state index contributed by atoms with van der Waals surface area (Å²) >= 11 is 1.36. The van der Waals surface area contributed by atoms with E-state index in [9.17, 15) is 0 Å². The van der Waals surface area contributed by atoms with Crippen molar-refractivity contribution in [2.24, 2.45) is 0 Å². The van der Waals surface area contributed by atoms with Crippen LogP contribution >= 0.6 is 11.8 Å². The van der Waals surface area contributed by atoms with Crippen LogP contribution in [-0.2, 0) is 0 Å². The van der Waals surface area contributed by atoms with Crippen LogP contribution in [-0.4, -0.2) is 20.1 Å². The van der Waals surface area contributed by atoms with Gasteiger partial charge in [0, 0.05) is 5.92 Å². The minimum atomic E-state index is -0.152. The molecule has 5 nitrogen and oxygen atoms in total. The van der Waals surface area contributed by atoms with Crippen molar-refractivity contribution in [3.63, 3.8) is 0 Å². The standard InChI is InChI=1S/C11H17N5S/c1-8(7-12)17-11-15-14-10(16(11)13)9-5-3-2-4-6-9/h8-9H,2-6,13H2,1H3/t8-/m0/s1. The lowest BCUT2D eigenvalue weighted by molar-refractivity contribution is 0.421. The zero-order valence-corrected chi connectivity index (χ0v) is 10.8. The van der Waals surface area contributed by atoms with Crippen molar-refractivity contribution < 1.29 is 0 Å². The molecule has 0 amide bonds. The lowest BCUT2D eigenvalue weighted by atomic mass is 9.89. The maximum atomic E-state index is 8.77. The zero-order chi connectivity index (χ0) is 12.3. The first-order chi connectivity index (χ1) is 8.22. The van der Waals surface area contributed by atoms with Gasteiger partial charge in [-0.05, 0) is 19.8 Å². The van der Waals surface area contributed by atoms with E-state index in [0.29, 0.717) is 11.1 Å². The van der Waals surface area contributed by atoms with Crippen LogP contribution in [0, 0.1) is 11.3 Å². The minimum Gasteiger partial charge on any atom is -0.336 e. The molecule has 0 aliphatic heterocycles. The first-order valence-electron chi connectivity index (χ1n) is 5.99. The molecule has 0 radical (unpaired) electrons. The second-order valence-electron chi connectivity index (χ2n) is 4.43. The molecule has 92 valence electrons. The molecular weight excluding hydrogens is 234 g/mol. The largest absolute Gasteiger partial charge is 0.336 e. The second-order valence-corrected chi connectivity index (χ2v) is 5.74. The SMILES string of the molecule is C[C@@H](C#N)Sc1nnc(C2CCCCC2)n1N. The summed E-state index contributed by atoms with van der Waals surface area (Å²) in [7, 11) is 0. The Morgan fingerprint density at radius 2 is 2.12 bits per heavy atom.